The fraction of sp³-hybridized carbons (Fsp3) is 0.520. The Morgan fingerprint density at radius 1 is 1.32 bits per heavy atom. The van der Waals surface area contributed by atoms with Crippen molar-refractivity contribution >= 4 is 5.69 Å². The van der Waals surface area contributed by atoms with Crippen molar-refractivity contribution < 1.29 is 0 Å². The molecule has 0 bridgehead atoms. The number of rotatable bonds is 5. The SMILES string of the molecule is CCC12CC(C)CCC1=C(NC)C(C(C(C)=C(C)C)c1cccc(N)c1)=CN2. The van der Waals surface area contributed by atoms with Crippen molar-refractivity contribution in [2.75, 3.05) is 12.8 Å². The van der Waals surface area contributed by atoms with E-state index in [2.05, 4.69) is 76.7 Å². The van der Waals surface area contributed by atoms with Crippen LogP contribution in [-0.4, -0.2) is 12.6 Å². The topological polar surface area (TPSA) is 50.1 Å². The highest BCUT2D eigenvalue weighted by Crippen LogP contribution is 2.47. The smallest absolute Gasteiger partial charge is 0.0602 e. The van der Waals surface area contributed by atoms with Crippen molar-refractivity contribution in [1.82, 2.24) is 10.6 Å². The highest BCUT2D eigenvalue weighted by atomic mass is 15.0. The average molecular weight is 380 g/mol. The van der Waals surface area contributed by atoms with Gasteiger partial charge in [-0.15, -0.1) is 0 Å². The summed E-state index contributed by atoms with van der Waals surface area (Å²) >= 11 is 0. The Morgan fingerprint density at radius 2 is 2.07 bits per heavy atom. The van der Waals surface area contributed by atoms with Gasteiger partial charge in [0, 0.05) is 36.1 Å². The maximum absolute atomic E-state index is 6.15. The zero-order chi connectivity index (χ0) is 20.5. The molecular formula is C25H37N3. The van der Waals surface area contributed by atoms with E-state index in [0.29, 0.717) is 0 Å². The molecule has 0 radical (unpaired) electrons. The normalized spacial score (nSPS) is 25.4. The number of allylic oxidation sites excluding steroid dienone is 3. The van der Waals surface area contributed by atoms with Gasteiger partial charge < -0.3 is 16.4 Å². The number of nitrogens with two attached hydrogens (primary N) is 1. The molecule has 3 nitrogen and oxygen atoms in total. The van der Waals surface area contributed by atoms with Crippen LogP contribution >= 0.6 is 0 Å². The summed E-state index contributed by atoms with van der Waals surface area (Å²) in [6.45, 7) is 11.4. The first kappa shape index (κ1) is 20.6. The molecule has 1 fully saturated rings. The van der Waals surface area contributed by atoms with E-state index in [1.165, 1.54) is 40.8 Å². The summed E-state index contributed by atoms with van der Waals surface area (Å²) in [4.78, 5) is 0. The summed E-state index contributed by atoms with van der Waals surface area (Å²) in [6.07, 6.45) is 7.04. The van der Waals surface area contributed by atoms with E-state index in [4.69, 9.17) is 5.73 Å². The van der Waals surface area contributed by atoms with Gasteiger partial charge >= 0.3 is 0 Å². The number of hydrogen-bond acceptors (Lipinski definition) is 3. The van der Waals surface area contributed by atoms with Gasteiger partial charge in [-0.2, -0.15) is 0 Å². The quantitative estimate of drug-likeness (QED) is 0.458. The molecule has 3 unspecified atom stereocenters. The lowest BCUT2D eigenvalue weighted by atomic mass is 9.67. The lowest BCUT2D eigenvalue weighted by Gasteiger charge is -2.47. The molecule has 0 saturated heterocycles. The number of dihydropyridines is 1. The molecule has 1 aliphatic heterocycles. The number of nitrogen functional groups attached to an aromatic ring is 1. The molecule has 28 heavy (non-hydrogen) atoms. The molecule has 1 aliphatic carbocycles. The first-order valence-electron chi connectivity index (χ1n) is 10.7. The summed E-state index contributed by atoms with van der Waals surface area (Å²) in [5.41, 5.74) is 15.3. The Hall–Kier alpha value is -2.16. The van der Waals surface area contributed by atoms with Crippen molar-refractivity contribution in [3.05, 3.63) is 64.0 Å². The predicted molar refractivity (Wildman–Crippen MR) is 121 cm³/mol. The van der Waals surface area contributed by atoms with Gasteiger partial charge in [0.15, 0.2) is 0 Å². The van der Waals surface area contributed by atoms with Gasteiger partial charge in [0.05, 0.1) is 5.54 Å². The van der Waals surface area contributed by atoms with Crippen molar-refractivity contribution in [2.45, 2.75) is 71.8 Å². The summed E-state index contributed by atoms with van der Waals surface area (Å²) in [5.74, 6) is 0.957. The van der Waals surface area contributed by atoms with Crippen molar-refractivity contribution in [3.8, 4) is 0 Å². The third-order valence-corrected chi connectivity index (χ3v) is 6.89. The van der Waals surface area contributed by atoms with E-state index in [1.807, 2.05) is 6.07 Å². The molecule has 3 atom stereocenters. The molecule has 3 rings (SSSR count). The van der Waals surface area contributed by atoms with Crippen LogP contribution in [0.5, 0.6) is 0 Å². The molecule has 1 aromatic rings. The van der Waals surface area contributed by atoms with Crippen LogP contribution in [0.1, 0.15) is 71.8 Å². The second-order valence-electron chi connectivity index (χ2n) is 8.92. The number of likely N-dealkylation sites (N-methyl/N-ethyl adjacent to an activating group) is 1. The van der Waals surface area contributed by atoms with E-state index >= 15 is 0 Å². The van der Waals surface area contributed by atoms with Gasteiger partial charge in [0.2, 0.25) is 0 Å². The second kappa shape index (κ2) is 8.06. The van der Waals surface area contributed by atoms with Crippen molar-refractivity contribution in [3.63, 3.8) is 0 Å². The van der Waals surface area contributed by atoms with Crippen LogP contribution < -0.4 is 16.4 Å². The minimum Gasteiger partial charge on any atom is -0.399 e. The standard InChI is InChI=1S/C25H37N3/c1-7-25-14-17(4)11-12-22(25)24(27-6)21(15-28-25)23(18(5)16(2)3)19-9-8-10-20(26)13-19/h8-10,13,15,17,23,27-28H,7,11-12,14,26H2,1-6H3. The molecule has 2 aliphatic rings. The highest BCUT2D eigenvalue weighted by Gasteiger charge is 2.42. The summed E-state index contributed by atoms with van der Waals surface area (Å²) in [5, 5.41) is 7.48. The Balaban J connectivity index is 2.16. The molecule has 3 heteroatoms. The van der Waals surface area contributed by atoms with Gasteiger partial charge in [0.1, 0.15) is 0 Å². The summed E-state index contributed by atoms with van der Waals surface area (Å²) in [6, 6.07) is 8.36. The first-order valence-corrected chi connectivity index (χ1v) is 10.7. The Bertz CT molecular complexity index is 826. The van der Waals surface area contributed by atoms with Crippen LogP contribution in [0.4, 0.5) is 5.69 Å². The van der Waals surface area contributed by atoms with Crippen LogP contribution in [0.25, 0.3) is 0 Å². The Kier molecular flexibility index (Phi) is 5.92. The Morgan fingerprint density at radius 3 is 2.68 bits per heavy atom. The fourth-order valence-electron chi connectivity index (χ4n) is 5.10. The minimum atomic E-state index is 0.0959. The van der Waals surface area contributed by atoms with E-state index in [9.17, 15) is 0 Å². The average Bonchev–Trinajstić information content (AvgIpc) is 2.67. The number of nitrogens with one attached hydrogen (secondary N) is 2. The minimum absolute atomic E-state index is 0.0959. The first-order chi connectivity index (χ1) is 13.3. The summed E-state index contributed by atoms with van der Waals surface area (Å²) < 4.78 is 0. The fourth-order valence-corrected chi connectivity index (χ4v) is 5.10. The van der Waals surface area contributed by atoms with E-state index in [0.717, 1.165) is 24.4 Å². The van der Waals surface area contributed by atoms with E-state index in [-0.39, 0.29) is 11.5 Å². The third kappa shape index (κ3) is 3.59. The van der Waals surface area contributed by atoms with Gasteiger partial charge in [-0.05, 0) is 75.6 Å². The lowest BCUT2D eigenvalue weighted by molar-refractivity contribution is 0.258. The zero-order valence-electron chi connectivity index (χ0n) is 18.4. The number of anilines is 1. The van der Waals surface area contributed by atoms with Crippen LogP contribution in [0.3, 0.4) is 0 Å². The number of hydrogen-bond donors (Lipinski definition) is 3. The van der Waals surface area contributed by atoms with Crippen LogP contribution in [0.15, 0.2) is 58.5 Å². The number of benzene rings is 1. The highest BCUT2D eigenvalue weighted by molar-refractivity contribution is 5.55. The van der Waals surface area contributed by atoms with Crippen LogP contribution in [-0.2, 0) is 0 Å². The third-order valence-electron chi connectivity index (χ3n) is 6.89. The monoisotopic (exact) mass is 379 g/mol. The van der Waals surface area contributed by atoms with Crippen LogP contribution in [0, 0.1) is 5.92 Å². The maximum Gasteiger partial charge on any atom is 0.0602 e. The molecule has 1 heterocycles. The largest absolute Gasteiger partial charge is 0.399 e. The molecule has 0 amide bonds. The van der Waals surface area contributed by atoms with Crippen molar-refractivity contribution in [1.29, 1.82) is 0 Å². The van der Waals surface area contributed by atoms with Gasteiger partial charge in [-0.1, -0.05) is 37.1 Å². The van der Waals surface area contributed by atoms with E-state index < -0.39 is 0 Å². The van der Waals surface area contributed by atoms with Gasteiger partial charge in [0.25, 0.3) is 0 Å². The molecule has 0 aromatic heterocycles. The Labute approximate surface area is 171 Å². The van der Waals surface area contributed by atoms with Gasteiger partial charge in [-0.3, -0.25) is 0 Å². The van der Waals surface area contributed by atoms with Crippen LogP contribution in [0.2, 0.25) is 0 Å². The molecule has 4 N–H and O–H groups in total. The summed E-state index contributed by atoms with van der Waals surface area (Å²) in [7, 11) is 2.08. The van der Waals surface area contributed by atoms with Gasteiger partial charge in [-0.25, -0.2) is 0 Å². The number of fused-ring (bicyclic) bond motifs is 1. The molecule has 0 spiro atoms. The predicted octanol–water partition coefficient (Wildman–Crippen LogP) is 5.64. The molecule has 1 aromatic carbocycles. The lowest BCUT2D eigenvalue weighted by Crippen LogP contribution is -2.51. The molecular weight excluding hydrogens is 342 g/mol. The molecule has 1 saturated carbocycles. The van der Waals surface area contributed by atoms with Crippen molar-refractivity contribution in [2.24, 2.45) is 5.92 Å². The maximum atomic E-state index is 6.15. The molecule has 152 valence electrons. The second-order valence-corrected chi connectivity index (χ2v) is 8.92. The zero-order valence-corrected chi connectivity index (χ0v) is 18.4. The van der Waals surface area contributed by atoms with E-state index in [1.54, 1.807) is 5.57 Å².